The van der Waals surface area contributed by atoms with Crippen molar-refractivity contribution in [2.24, 2.45) is 0 Å². The molecule has 5 heteroatoms. The molecular formula is C54H51N4Pt-3. The maximum absolute atomic E-state index is 4.80. The van der Waals surface area contributed by atoms with Crippen molar-refractivity contribution >= 4 is 44.6 Å². The molecule has 0 saturated heterocycles. The number of anilines is 4. The zero-order chi connectivity index (χ0) is 40.3. The fourth-order valence-electron chi connectivity index (χ4n) is 8.68. The Bertz CT molecular complexity index is 2750. The summed E-state index contributed by atoms with van der Waals surface area (Å²) in [5.41, 5.74) is 15.0. The smallest absolute Gasteiger partial charge is 0.135 e. The average molecular weight is 951 g/mol. The van der Waals surface area contributed by atoms with Gasteiger partial charge in [0, 0.05) is 49.8 Å². The van der Waals surface area contributed by atoms with Gasteiger partial charge in [0.15, 0.2) is 0 Å². The summed E-state index contributed by atoms with van der Waals surface area (Å²) >= 11 is 0. The van der Waals surface area contributed by atoms with E-state index in [9.17, 15) is 0 Å². The second-order valence-corrected chi connectivity index (χ2v) is 17.2. The number of pyridine rings is 1. The monoisotopic (exact) mass is 950 g/mol. The molecule has 9 rings (SSSR count). The van der Waals surface area contributed by atoms with Gasteiger partial charge < -0.3 is 14.4 Å². The second-order valence-electron chi connectivity index (χ2n) is 17.2. The third-order valence-electron chi connectivity index (χ3n) is 12.0. The van der Waals surface area contributed by atoms with Crippen LogP contribution in [-0.2, 0) is 26.5 Å². The summed E-state index contributed by atoms with van der Waals surface area (Å²) in [6, 6.07) is 56.2. The van der Waals surface area contributed by atoms with E-state index in [1.54, 1.807) is 0 Å². The zero-order valence-electron chi connectivity index (χ0n) is 35.2. The summed E-state index contributed by atoms with van der Waals surface area (Å²) in [7, 11) is 0. The number of fused-ring (bicyclic) bond motifs is 4. The minimum absolute atomic E-state index is 0. The number of para-hydroxylation sites is 4. The fraction of sp³-hybridized carbons (Fsp3) is 0.222. The Morgan fingerprint density at radius 1 is 0.593 bits per heavy atom. The van der Waals surface area contributed by atoms with Gasteiger partial charge in [-0.15, -0.1) is 29.4 Å². The van der Waals surface area contributed by atoms with Crippen molar-refractivity contribution in [1.29, 1.82) is 0 Å². The van der Waals surface area contributed by atoms with Crippen LogP contribution in [0.2, 0.25) is 0 Å². The van der Waals surface area contributed by atoms with Crippen LogP contribution in [0.5, 0.6) is 0 Å². The number of nitrogens with zero attached hydrogens (tertiary/aromatic N) is 4. The molecular weight excluding hydrogens is 900 g/mol. The first-order valence-corrected chi connectivity index (χ1v) is 20.7. The van der Waals surface area contributed by atoms with Gasteiger partial charge in [-0.3, -0.25) is 0 Å². The molecule has 3 heterocycles. The van der Waals surface area contributed by atoms with Crippen LogP contribution < -0.4 is 9.80 Å². The predicted octanol–water partition coefficient (Wildman–Crippen LogP) is 14.5. The predicted molar refractivity (Wildman–Crippen MR) is 244 cm³/mol. The van der Waals surface area contributed by atoms with Gasteiger partial charge in [-0.25, -0.2) is 4.98 Å². The summed E-state index contributed by atoms with van der Waals surface area (Å²) in [5, 5.41) is 2.36. The molecule has 0 atom stereocenters. The third-order valence-corrected chi connectivity index (χ3v) is 12.0. The van der Waals surface area contributed by atoms with Gasteiger partial charge in [0.1, 0.15) is 5.82 Å². The number of hydrogen-bond acceptors (Lipinski definition) is 3. The van der Waals surface area contributed by atoms with Gasteiger partial charge in [0.05, 0.1) is 0 Å². The van der Waals surface area contributed by atoms with Crippen LogP contribution in [0.15, 0.2) is 140 Å². The van der Waals surface area contributed by atoms with Crippen molar-refractivity contribution in [3.63, 3.8) is 0 Å². The molecule has 0 aliphatic carbocycles. The number of benzene rings is 6. The fourth-order valence-corrected chi connectivity index (χ4v) is 8.68. The van der Waals surface area contributed by atoms with Crippen molar-refractivity contribution in [2.45, 2.75) is 78.6 Å². The Kier molecular flexibility index (Phi) is 10.9. The Labute approximate surface area is 364 Å². The van der Waals surface area contributed by atoms with Crippen LogP contribution >= 0.6 is 0 Å². The molecule has 0 radical (unpaired) electrons. The van der Waals surface area contributed by atoms with Crippen molar-refractivity contribution < 1.29 is 21.1 Å². The van der Waals surface area contributed by atoms with E-state index in [4.69, 9.17) is 4.98 Å². The van der Waals surface area contributed by atoms with Crippen molar-refractivity contribution in [1.82, 2.24) is 9.55 Å². The Balaban J connectivity index is 0.00000484. The van der Waals surface area contributed by atoms with E-state index in [1.165, 1.54) is 33.2 Å². The van der Waals surface area contributed by atoms with Gasteiger partial charge in [-0.2, -0.15) is 41.5 Å². The molecule has 59 heavy (non-hydrogen) atoms. The van der Waals surface area contributed by atoms with Crippen LogP contribution in [0.25, 0.3) is 38.8 Å². The van der Waals surface area contributed by atoms with E-state index < -0.39 is 5.41 Å². The molecule has 6 aromatic carbocycles. The minimum atomic E-state index is -0.476. The molecule has 0 amide bonds. The third kappa shape index (κ3) is 7.10. The number of rotatable bonds is 9. The molecule has 1 aliphatic heterocycles. The first-order chi connectivity index (χ1) is 28.0. The maximum atomic E-state index is 4.80. The quantitative estimate of drug-likeness (QED) is 0.135. The van der Waals surface area contributed by atoms with Gasteiger partial charge in [0.25, 0.3) is 0 Å². The van der Waals surface area contributed by atoms with Gasteiger partial charge in [-0.05, 0) is 93.3 Å². The van der Waals surface area contributed by atoms with E-state index in [0.717, 1.165) is 56.1 Å². The van der Waals surface area contributed by atoms with Crippen molar-refractivity contribution in [3.8, 4) is 16.9 Å². The van der Waals surface area contributed by atoms with Crippen LogP contribution in [0.4, 0.5) is 22.7 Å². The Morgan fingerprint density at radius 2 is 1.24 bits per heavy atom. The molecule has 0 saturated carbocycles. The van der Waals surface area contributed by atoms with E-state index in [1.807, 2.05) is 12.3 Å². The molecule has 0 spiro atoms. The summed E-state index contributed by atoms with van der Waals surface area (Å²) in [6.07, 6.45) is 1.86. The van der Waals surface area contributed by atoms with Crippen LogP contribution in [-0.4, -0.2) is 9.55 Å². The number of aromatic nitrogens is 2. The molecule has 0 fully saturated rings. The SMILES string of the molecule is CC(C)c1cc(C(C)C)c(-c2cc(N3[CH-]N(c4ccccc4)c4ccccc43)[c-]c(C(C)(C)c3[c-]c4c(cc3)c3ccccc3n4-c3ccccn3)c2)c(C(C)C)c1.[Pt]. The maximum Gasteiger partial charge on any atom is 0.135 e. The van der Waals surface area contributed by atoms with Crippen LogP contribution in [0.1, 0.15) is 101 Å². The van der Waals surface area contributed by atoms with Crippen LogP contribution in [0.3, 0.4) is 0 Å². The molecule has 4 nitrogen and oxygen atoms in total. The van der Waals surface area contributed by atoms with Crippen LogP contribution in [0, 0.1) is 18.8 Å². The standard InChI is InChI=1S/C54H51N4.Pt/c1-35(2)38-30-46(36(3)4)53(47(31-38)37(5)6)39-28-41(32-43(29-39)57-34-56(42-18-10-9-11-19-42)49-22-14-15-23-50(49)57)54(7,8)40-25-26-45-44-20-12-13-21-48(44)58(51(45)33-40)52-24-16-17-27-55-52;/h9-31,34-37H,1-8H3;/q-3;. The Morgan fingerprint density at radius 3 is 1.90 bits per heavy atom. The summed E-state index contributed by atoms with van der Waals surface area (Å²) in [5.74, 6) is 2.00. The van der Waals surface area contributed by atoms with E-state index in [-0.39, 0.29) is 21.1 Å². The van der Waals surface area contributed by atoms with E-state index in [0.29, 0.717) is 17.8 Å². The van der Waals surface area contributed by atoms with Crippen molar-refractivity contribution in [2.75, 3.05) is 9.80 Å². The summed E-state index contributed by atoms with van der Waals surface area (Å²) in [6.45, 7) is 20.8. The Hall–Kier alpha value is -5.44. The molecule has 2 aromatic heterocycles. The van der Waals surface area contributed by atoms with E-state index in [2.05, 4.69) is 216 Å². The zero-order valence-corrected chi connectivity index (χ0v) is 37.5. The van der Waals surface area contributed by atoms with Gasteiger partial charge in [-0.1, -0.05) is 128 Å². The van der Waals surface area contributed by atoms with E-state index >= 15 is 0 Å². The molecule has 8 aromatic rings. The van der Waals surface area contributed by atoms with Gasteiger partial charge >= 0.3 is 0 Å². The minimum Gasteiger partial charge on any atom is -0.493 e. The normalized spacial score (nSPS) is 12.9. The van der Waals surface area contributed by atoms with Gasteiger partial charge in [0.2, 0.25) is 0 Å². The first kappa shape index (κ1) is 40.3. The number of hydrogen-bond donors (Lipinski definition) is 0. The molecule has 0 N–H and O–H groups in total. The first-order valence-electron chi connectivity index (χ1n) is 20.7. The van der Waals surface area contributed by atoms with Crippen molar-refractivity contribution in [3.05, 3.63) is 186 Å². The molecule has 1 aliphatic rings. The largest absolute Gasteiger partial charge is 0.493 e. The molecule has 0 bridgehead atoms. The molecule has 300 valence electrons. The summed E-state index contributed by atoms with van der Waals surface area (Å²) in [4.78, 5) is 9.41. The second kappa shape index (κ2) is 16.0. The average Bonchev–Trinajstić information content (AvgIpc) is 3.80. The topological polar surface area (TPSA) is 24.3 Å². The molecule has 0 unspecified atom stereocenters. The summed E-state index contributed by atoms with van der Waals surface area (Å²) < 4.78 is 2.25.